The van der Waals surface area contributed by atoms with Crippen LogP contribution in [0.15, 0.2) is 12.2 Å². The third-order valence-corrected chi connectivity index (χ3v) is 25.3. The maximum atomic E-state index is 13.8. The molecule has 45 nitrogen and oxygen atoms in total. The van der Waals surface area contributed by atoms with Gasteiger partial charge in [0.15, 0.2) is 25.2 Å². The van der Waals surface area contributed by atoms with E-state index < -0.39 is 309 Å². The molecule has 27 N–H and O–H groups in total. The molecule has 6 fully saturated rings. The number of amides is 4. The maximum Gasteiger partial charge on any atom is 0.364 e. The van der Waals surface area contributed by atoms with Crippen LogP contribution in [0.5, 0.6) is 0 Å². The summed E-state index contributed by atoms with van der Waals surface area (Å²) in [6, 6.07) is -7.23. The van der Waals surface area contributed by atoms with Crippen molar-refractivity contribution in [3.8, 4) is 0 Å². The molecule has 133 heavy (non-hydrogen) atoms. The molecule has 0 bridgehead atoms. The smallest absolute Gasteiger partial charge is 0.364 e. The fourth-order valence-corrected chi connectivity index (χ4v) is 17.6. The fraction of sp³-hybridized carbons (Fsp3) is 0.909. The summed E-state index contributed by atoms with van der Waals surface area (Å²) in [6.07, 6.45) is -25.1. The third kappa shape index (κ3) is 35.2. The van der Waals surface area contributed by atoms with E-state index in [1.54, 1.807) is 6.08 Å². The van der Waals surface area contributed by atoms with Crippen molar-refractivity contribution >= 4 is 35.6 Å². The zero-order chi connectivity index (χ0) is 98.1. The van der Waals surface area contributed by atoms with Gasteiger partial charge in [-0.15, -0.1) is 0 Å². The van der Waals surface area contributed by atoms with Crippen molar-refractivity contribution in [2.45, 2.75) is 446 Å². The Morgan fingerprint density at radius 2 is 0.812 bits per heavy atom. The summed E-state index contributed by atoms with van der Waals surface area (Å²) in [6.45, 7) is -5.23. The minimum atomic E-state index is -3.59. The Bertz CT molecular complexity index is 3320. The molecule has 0 aromatic heterocycles. The quantitative estimate of drug-likeness (QED) is 0.0202. The van der Waals surface area contributed by atoms with Crippen LogP contribution in [0.1, 0.15) is 239 Å². The van der Waals surface area contributed by atoms with Crippen molar-refractivity contribution in [1.29, 1.82) is 0 Å². The second-order valence-electron chi connectivity index (χ2n) is 35.7. The average molecular weight is 1930 g/mol. The first kappa shape index (κ1) is 117. The largest absolute Gasteiger partial charge is 0.477 e. The van der Waals surface area contributed by atoms with Gasteiger partial charge in [-0.2, -0.15) is 0 Å². The number of carboxylic acids is 2. The number of carbonyl (C=O) groups excluding carboxylic acids is 4. The van der Waals surface area contributed by atoms with Crippen LogP contribution in [0.4, 0.5) is 0 Å². The molecule has 0 radical (unpaired) electrons. The Hall–Kier alpha value is -4.76. The first-order chi connectivity index (χ1) is 63.6. The predicted octanol–water partition coefficient (Wildman–Crippen LogP) is -4.36. The van der Waals surface area contributed by atoms with E-state index in [0.717, 1.165) is 64.7 Å². The van der Waals surface area contributed by atoms with Gasteiger partial charge in [-0.25, -0.2) is 9.59 Å². The maximum absolute atomic E-state index is 13.8. The molecule has 0 aliphatic carbocycles. The van der Waals surface area contributed by atoms with Gasteiger partial charge >= 0.3 is 11.9 Å². The van der Waals surface area contributed by atoms with Gasteiger partial charge in [-0.3, -0.25) is 19.2 Å². The molecule has 774 valence electrons. The number of carbonyl (C=O) groups is 6. The van der Waals surface area contributed by atoms with Crippen molar-refractivity contribution in [1.82, 2.24) is 21.3 Å². The summed E-state index contributed by atoms with van der Waals surface area (Å²) < 4.78 is 70.4. The van der Waals surface area contributed by atoms with Gasteiger partial charge in [0.05, 0.1) is 82.7 Å². The van der Waals surface area contributed by atoms with Gasteiger partial charge in [0.1, 0.15) is 147 Å². The van der Waals surface area contributed by atoms with Crippen molar-refractivity contribution in [2.24, 2.45) is 0 Å². The van der Waals surface area contributed by atoms with Crippen LogP contribution in [-0.4, -0.2) is 420 Å². The monoisotopic (exact) mass is 1930 g/mol. The lowest BCUT2D eigenvalue weighted by molar-refractivity contribution is -0.391. The fourth-order valence-electron chi connectivity index (χ4n) is 17.6. The highest BCUT2D eigenvalue weighted by atomic mass is 16.8. The Kier molecular flexibility index (Phi) is 53.7. The molecular weight excluding hydrogens is 1770 g/mol. The van der Waals surface area contributed by atoms with E-state index in [0.29, 0.717) is 12.8 Å². The second kappa shape index (κ2) is 61.1. The van der Waals surface area contributed by atoms with Gasteiger partial charge in [0, 0.05) is 26.2 Å². The Balaban J connectivity index is 1.14. The first-order valence-corrected chi connectivity index (χ1v) is 47.6. The number of rotatable bonds is 65. The Labute approximate surface area is 775 Å². The molecular formula is C88H156N4O41. The highest BCUT2D eigenvalue weighted by Crippen LogP contribution is 2.42. The SMILES string of the molecule is CCCCCCCCCCCCC/C=C/[C@@H](O)[C@H](CO[C@@H]1OC(CO)[C@@H](O[C@@H]2OC(CO)[C@H](O)[C@H](O[C@@H]3OC(CO)[C@@H](O[C@@H]4OC(CO)[C@H](O)[C@H](O[C@]5(C(=O)O)CC(O)[C@@H](NC(=O)CO)C([C@H](O)[C@@H](CO)O[C@]6(C(=O)O)CC(O)[C@@H](NC(=O)CO)C([C@H](O)[C@H](O)CO)O6)O5)C4O)[C@H](O)C3NC(C)=O)C2O)[C@H](O)C1O)NC(=O)CCCCCCCCCCCCCCCCCCCCC. The molecule has 0 spiro atoms. The highest BCUT2D eigenvalue weighted by Gasteiger charge is 2.64. The summed E-state index contributed by atoms with van der Waals surface area (Å²) in [7, 11) is 0. The number of allylic oxidation sites excluding steroid dienone is 1. The number of aliphatic hydroxyl groups excluding tert-OH is 21. The number of nitrogens with one attached hydrogen (secondary N) is 4. The van der Waals surface area contributed by atoms with Crippen molar-refractivity contribution in [3.05, 3.63) is 12.2 Å². The topological polar surface area (TPSA) is 727 Å². The van der Waals surface area contributed by atoms with Crippen molar-refractivity contribution in [3.63, 3.8) is 0 Å². The molecule has 45 heteroatoms. The van der Waals surface area contributed by atoms with Crippen LogP contribution in [-0.2, 0) is 85.6 Å². The number of hydrogen-bond acceptors (Lipinski definition) is 39. The number of hydrogen-bond donors (Lipinski definition) is 27. The predicted molar refractivity (Wildman–Crippen MR) is 461 cm³/mol. The second-order valence-corrected chi connectivity index (χ2v) is 35.7. The zero-order valence-corrected chi connectivity index (χ0v) is 76.7. The molecule has 6 aliphatic rings. The molecule has 6 rings (SSSR count). The van der Waals surface area contributed by atoms with Gasteiger partial charge in [0.2, 0.25) is 23.6 Å². The summed E-state index contributed by atoms with van der Waals surface area (Å²) in [5.41, 5.74) is 0. The molecule has 6 heterocycles. The zero-order valence-electron chi connectivity index (χ0n) is 76.7. The van der Waals surface area contributed by atoms with Gasteiger partial charge in [0.25, 0.3) is 11.6 Å². The first-order valence-electron chi connectivity index (χ1n) is 47.6. The van der Waals surface area contributed by atoms with Crippen LogP contribution < -0.4 is 21.3 Å². The van der Waals surface area contributed by atoms with E-state index in [4.69, 9.17) is 56.8 Å². The molecule has 0 aromatic carbocycles. The normalized spacial score (nSPS) is 34.1. The van der Waals surface area contributed by atoms with Crippen LogP contribution in [0.25, 0.3) is 0 Å². The molecule has 12 unspecified atom stereocenters. The van der Waals surface area contributed by atoms with E-state index in [1.807, 2.05) is 16.7 Å². The van der Waals surface area contributed by atoms with Crippen molar-refractivity contribution in [2.75, 3.05) is 59.5 Å². The summed E-state index contributed by atoms with van der Waals surface area (Å²) in [5.74, 6) is -15.6. The van der Waals surface area contributed by atoms with E-state index >= 15 is 0 Å². The number of aliphatic hydroxyl groups is 21. The van der Waals surface area contributed by atoms with E-state index in [2.05, 4.69) is 24.5 Å². The third-order valence-electron chi connectivity index (χ3n) is 25.3. The lowest BCUT2D eigenvalue weighted by Gasteiger charge is -2.52. The standard InChI is InChI=1S/C88H156N4O41/c1-4-6-8-10-12-14-16-18-19-20-21-22-23-25-27-29-31-33-35-37-60(106)90-50(51(102)36-34-32-30-28-26-24-17-15-13-11-9-7-5-2)48-122-82-72(115)71(114)76(59(45-98)126-82)128-83-73(116)79(67(110)55(41-94)123-83)129-81-65(89-49(3)101)70(113)75(58(44-97)125-81)127-84-74(117)80(68(111)56(42-95)124-84)133-88(86(120)121)39-53(104)64(92-62(108)47-100)78(132-88)69(112)57(43-96)130-87(85(118)119)38-52(103)63(91-61(107)46-99)77(131-87)66(109)54(105)40-93/h34,36,50-59,63-84,93-100,102-105,109-117H,4-33,35,37-48H2,1-3H3,(H,89,101)(H,90,106)(H,91,107)(H,92,108)(H,118,119)(H,120,121)/b36-34+/t50-,51+,52?,53?,54+,55?,56?,57+,58?,59?,63+,64+,65?,66+,67-,68-,69+,70+,71+,72?,73?,74?,75+,76+,77?,78?,79-,80-,81-,82+,83-,84-,87+,88-/m0/s1. The van der Waals surface area contributed by atoms with Crippen LogP contribution in [0.3, 0.4) is 0 Å². The van der Waals surface area contributed by atoms with E-state index in [9.17, 15) is 146 Å². The lowest BCUT2D eigenvalue weighted by atomic mass is 9.87. The van der Waals surface area contributed by atoms with E-state index in [-0.39, 0.29) is 12.3 Å². The summed E-state index contributed by atoms with van der Waals surface area (Å²) in [5, 5.41) is 266. The summed E-state index contributed by atoms with van der Waals surface area (Å²) >= 11 is 0. The highest BCUT2D eigenvalue weighted by molar-refractivity contribution is 5.79. The Morgan fingerprint density at radius 1 is 0.414 bits per heavy atom. The molecule has 0 saturated carbocycles. The van der Waals surface area contributed by atoms with Gasteiger partial charge < -0.3 is 196 Å². The van der Waals surface area contributed by atoms with E-state index in [1.165, 1.54) is 128 Å². The molecule has 0 aromatic rings. The lowest BCUT2D eigenvalue weighted by Crippen LogP contribution is -2.72. The summed E-state index contributed by atoms with van der Waals surface area (Å²) in [4.78, 5) is 78.9. The van der Waals surface area contributed by atoms with Crippen LogP contribution in [0, 0.1) is 0 Å². The minimum absolute atomic E-state index is 0.140. The van der Waals surface area contributed by atoms with Crippen LogP contribution in [0.2, 0.25) is 0 Å². The Morgan fingerprint density at radius 3 is 1.25 bits per heavy atom. The van der Waals surface area contributed by atoms with Gasteiger partial charge in [-0.05, 0) is 19.3 Å². The average Bonchev–Trinajstić information content (AvgIpc) is 0.747. The molecule has 34 atom stereocenters. The molecule has 6 aliphatic heterocycles. The van der Waals surface area contributed by atoms with Gasteiger partial charge in [-0.1, -0.05) is 206 Å². The van der Waals surface area contributed by atoms with Crippen LogP contribution >= 0.6 is 0 Å². The number of carboxylic acid groups (broad SMARTS) is 2. The molecule has 4 amide bonds. The number of ether oxygens (including phenoxy) is 12. The minimum Gasteiger partial charge on any atom is -0.477 e. The number of unbranched alkanes of at least 4 members (excludes halogenated alkanes) is 29. The molecule has 6 saturated heterocycles. The van der Waals surface area contributed by atoms with Crippen molar-refractivity contribution < 1.29 is 203 Å². The number of aliphatic carboxylic acids is 2.